The molecule has 0 atom stereocenters. The fraction of sp³-hybridized carbons (Fsp3) is 1.00. The number of unbranched alkanes of at least 4 members (excludes halogenated alkanes) is 5. The molecule has 0 radical (unpaired) electrons. The summed E-state index contributed by atoms with van der Waals surface area (Å²) in [6.07, 6.45) is 8.43. The number of rotatable bonds is 7. The summed E-state index contributed by atoms with van der Waals surface area (Å²) in [5.41, 5.74) is 0. The minimum absolute atomic E-state index is 1.26. The molecule has 0 spiro atoms. The molecule has 3 N–H and O–H groups in total. The van der Waals surface area contributed by atoms with Gasteiger partial charge in [-0.3, -0.25) is 0 Å². The van der Waals surface area contributed by atoms with Gasteiger partial charge in [0.15, 0.2) is 0 Å². The zero-order chi connectivity index (χ0) is 13.0. The summed E-state index contributed by atoms with van der Waals surface area (Å²) in [6, 6.07) is 0. The molecule has 0 saturated heterocycles. The van der Waals surface area contributed by atoms with E-state index < -0.39 is 7.82 Å². The molecule has 0 saturated carbocycles. The second-order valence-electron chi connectivity index (χ2n) is 4.08. The number of hydrogen-bond acceptors (Lipinski definition) is 2. The van der Waals surface area contributed by atoms with Crippen molar-refractivity contribution in [3.05, 3.63) is 0 Å². The van der Waals surface area contributed by atoms with E-state index in [9.17, 15) is 0 Å². The SMILES string of the molecule is CCCCCCCCN(C)C.O=P(O)(O)O. The van der Waals surface area contributed by atoms with Crippen LogP contribution >= 0.6 is 7.82 Å². The average Bonchev–Trinajstić information content (AvgIpc) is 2.08. The van der Waals surface area contributed by atoms with Crippen molar-refractivity contribution < 1.29 is 19.2 Å². The van der Waals surface area contributed by atoms with E-state index in [0.29, 0.717) is 0 Å². The third kappa shape index (κ3) is 36.9. The molecule has 0 heterocycles. The predicted molar refractivity (Wildman–Crippen MR) is 66.2 cm³/mol. The topological polar surface area (TPSA) is 81.0 Å². The lowest BCUT2D eigenvalue weighted by Gasteiger charge is -2.08. The Morgan fingerprint density at radius 1 is 0.938 bits per heavy atom. The zero-order valence-electron chi connectivity index (χ0n) is 10.6. The molecule has 0 bridgehead atoms. The minimum Gasteiger partial charge on any atom is -0.309 e. The van der Waals surface area contributed by atoms with Crippen LogP contribution in [0.1, 0.15) is 45.4 Å². The standard InChI is InChI=1S/C10H23N.H3O4P/c1-4-5-6-7-8-9-10-11(2)3;1-5(2,3)4/h4-10H2,1-3H3;(H3,1,2,3,4). The van der Waals surface area contributed by atoms with E-state index in [0.717, 1.165) is 0 Å². The molecule has 0 aliphatic carbocycles. The molecular weight excluding hydrogens is 229 g/mol. The molecule has 0 aliphatic heterocycles. The summed E-state index contributed by atoms with van der Waals surface area (Å²) in [5.74, 6) is 0. The highest BCUT2D eigenvalue weighted by molar-refractivity contribution is 7.45. The molecule has 0 fully saturated rings. The fourth-order valence-corrected chi connectivity index (χ4v) is 1.21. The maximum Gasteiger partial charge on any atom is 0.466 e. The van der Waals surface area contributed by atoms with Crippen molar-refractivity contribution >= 4 is 7.82 Å². The van der Waals surface area contributed by atoms with E-state index in [1.165, 1.54) is 45.1 Å². The monoisotopic (exact) mass is 255 g/mol. The summed E-state index contributed by atoms with van der Waals surface area (Å²) < 4.78 is 8.88. The van der Waals surface area contributed by atoms with Crippen LogP contribution < -0.4 is 0 Å². The van der Waals surface area contributed by atoms with Gasteiger partial charge in [-0.15, -0.1) is 0 Å². The Labute approximate surface area is 98.7 Å². The summed E-state index contributed by atoms with van der Waals surface area (Å²) in [5, 5.41) is 0. The van der Waals surface area contributed by atoms with E-state index in [4.69, 9.17) is 19.2 Å². The van der Waals surface area contributed by atoms with Crippen LogP contribution in [0.2, 0.25) is 0 Å². The van der Waals surface area contributed by atoms with E-state index in [2.05, 4.69) is 25.9 Å². The zero-order valence-corrected chi connectivity index (χ0v) is 11.5. The van der Waals surface area contributed by atoms with Gasteiger partial charge in [0.05, 0.1) is 0 Å². The van der Waals surface area contributed by atoms with Crippen molar-refractivity contribution in [3.8, 4) is 0 Å². The molecule has 100 valence electrons. The van der Waals surface area contributed by atoms with Crippen LogP contribution in [0.25, 0.3) is 0 Å². The molecule has 5 nitrogen and oxygen atoms in total. The third-order valence-electron chi connectivity index (χ3n) is 1.96. The number of nitrogens with zero attached hydrogens (tertiary/aromatic N) is 1. The summed E-state index contributed by atoms with van der Waals surface area (Å²) in [7, 11) is -0.349. The van der Waals surface area contributed by atoms with E-state index >= 15 is 0 Å². The Morgan fingerprint density at radius 2 is 1.31 bits per heavy atom. The predicted octanol–water partition coefficient (Wildman–Crippen LogP) is 1.98. The number of phosphoric acid groups is 1. The van der Waals surface area contributed by atoms with Gasteiger partial charge in [0.2, 0.25) is 0 Å². The molecular formula is C10H26NO4P. The molecule has 0 aromatic carbocycles. The van der Waals surface area contributed by atoms with Gasteiger partial charge < -0.3 is 19.6 Å². The first-order chi connectivity index (χ1) is 7.27. The first-order valence-corrected chi connectivity index (χ1v) is 7.27. The van der Waals surface area contributed by atoms with Gasteiger partial charge in [-0.1, -0.05) is 39.0 Å². The Kier molecular flexibility index (Phi) is 13.3. The maximum absolute atomic E-state index is 8.88. The first-order valence-electron chi connectivity index (χ1n) is 5.70. The van der Waals surface area contributed by atoms with Crippen LogP contribution in [-0.4, -0.2) is 40.2 Å². The lowest BCUT2D eigenvalue weighted by atomic mass is 10.1. The highest BCUT2D eigenvalue weighted by atomic mass is 31.2. The van der Waals surface area contributed by atoms with Gasteiger partial charge in [0, 0.05) is 0 Å². The lowest BCUT2D eigenvalue weighted by Crippen LogP contribution is -2.12. The van der Waals surface area contributed by atoms with Crippen molar-refractivity contribution in [3.63, 3.8) is 0 Å². The quantitative estimate of drug-likeness (QED) is 0.478. The van der Waals surface area contributed by atoms with E-state index in [1.807, 2.05) is 0 Å². The molecule has 0 unspecified atom stereocenters. The Morgan fingerprint density at radius 3 is 1.69 bits per heavy atom. The van der Waals surface area contributed by atoms with Crippen molar-refractivity contribution in [1.29, 1.82) is 0 Å². The molecule has 16 heavy (non-hydrogen) atoms. The summed E-state index contributed by atoms with van der Waals surface area (Å²) in [6.45, 7) is 3.52. The Bertz CT molecular complexity index is 173. The Hall–Kier alpha value is 0.0700. The van der Waals surface area contributed by atoms with Gasteiger partial charge in [0.1, 0.15) is 0 Å². The van der Waals surface area contributed by atoms with Crippen LogP contribution in [0.15, 0.2) is 0 Å². The Balaban J connectivity index is 0. The first kappa shape index (κ1) is 18.4. The molecule has 6 heteroatoms. The highest BCUT2D eigenvalue weighted by Crippen LogP contribution is 2.25. The van der Waals surface area contributed by atoms with Gasteiger partial charge in [0.25, 0.3) is 0 Å². The number of hydrogen-bond donors (Lipinski definition) is 3. The summed E-state index contributed by atoms with van der Waals surface area (Å²) >= 11 is 0. The highest BCUT2D eigenvalue weighted by Gasteiger charge is 2.00. The van der Waals surface area contributed by atoms with Crippen LogP contribution in [0.4, 0.5) is 0 Å². The largest absolute Gasteiger partial charge is 0.466 e. The van der Waals surface area contributed by atoms with Gasteiger partial charge >= 0.3 is 7.82 Å². The van der Waals surface area contributed by atoms with E-state index in [1.54, 1.807) is 0 Å². The van der Waals surface area contributed by atoms with Gasteiger partial charge in [-0.25, -0.2) is 4.57 Å². The lowest BCUT2D eigenvalue weighted by molar-refractivity contribution is 0.275. The fourth-order valence-electron chi connectivity index (χ4n) is 1.21. The molecule has 0 aromatic rings. The van der Waals surface area contributed by atoms with Crippen molar-refractivity contribution in [2.75, 3.05) is 20.6 Å². The van der Waals surface area contributed by atoms with Crippen molar-refractivity contribution in [2.24, 2.45) is 0 Å². The molecule has 0 amide bonds. The molecule has 0 aliphatic rings. The van der Waals surface area contributed by atoms with Crippen molar-refractivity contribution in [2.45, 2.75) is 45.4 Å². The van der Waals surface area contributed by atoms with Crippen LogP contribution in [0.5, 0.6) is 0 Å². The van der Waals surface area contributed by atoms with Crippen LogP contribution in [-0.2, 0) is 4.57 Å². The minimum atomic E-state index is -4.64. The molecule has 0 aromatic heterocycles. The van der Waals surface area contributed by atoms with Crippen molar-refractivity contribution in [1.82, 2.24) is 4.90 Å². The van der Waals surface area contributed by atoms with Crippen LogP contribution in [0, 0.1) is 0 Å². The normalized spacial score (nSPS) is 11.2. The second kappa shape index (κ2) is 11.6. The van der Waals surface area contributed by atoms with E-state index in [-0.39, 0.29) is 0 Å². The maximum atomic E-state index is 8.88. The smallest absolute Gasteiger partial charge is 0.309 e. The van der Waals surface area contributed by atoms with Gasteiger partial charge in [-0.05, 0) is 27.1 Å². The summed E-state index contributed by atoms with van der Waals surface area (Å²) in [4.78, 5) is 23.8. The van der Waals surface area contributed by atoms with Crippen LogP contribution in [0.3, 0.4) is 0 Å². The average molecular weight is 255 g/mol. The third-order valence-corrected chi connectivity index (χ3v) is 1.96. The van der Waals surface area contributed by atoms with Gasteiger partial charge in [-0.2, -0.15) is 0 Å². The molecule has 0 rings (SSSR count). The second-order valence-corrected chi connectivity index (χ2v) is 5.11.